The molecule has 0 saturated heterocycles. The van der Waals surface area contributed by atoms with Crippen LogP contribution in [-0.4, -0.2) is 21.0 Å². The number of hydrogen-bond donors (Lipinski definition) is 2. The normalized spacial score (nSPS) is 9.65. The van der Waals surface area contributed by atoms with Crippen LogP contribution in [0.15, 0.2) is 43.1 Å². The Bertz CT molecular complexity index is 474. The van der Waals surface area contributed by atoms with Crippen molar-refractivity contribution in [1.82, 2.24) is 20.3 Å². The van der Waals surface area contributed by atoms with Gasteiger partial charge in [-0.25, -0.2) is 9.78 Å². The van der Waals surface area contributed by atoms with Gasteiger partial charge in [0.15, 0.2) is 5.82 Å². The van der Waals surface area contributed by atoms with Gasteiger partial charge in [-0.1, -0.05) is 6.07 Å². The van der Waals surface area contributed by atoms with Gasteiger partial charge in [-0.05, 0) is 11.6 Å². The highest BCUT2D eigenvalue weighted by Crippen LogP contribution is 1.98. The molecule has 6 nitrogen and oxygen atoms in total. The summed E-state index contributed by atoms with van der Waals surface area (Å²) >= 11 is 0. The lowest BCUT2D eigenvalue weighted by molar-refractivity contribution is 0.251. The molecule has 2 heterocycles. The smallest absolute Gasteiger partial charge is 0.320 e. The molecule has 0 spiro atoms. The van der Waals surface area contributed by atoms with Gasteiger partial charge in [-0.15, -0.1) is 0 Å². The van der Waals surface area contributed by atoms with Crippen molar-refractivity contribution in [3.8, 4) is 0 Å². The van der Waals surface area contributed by atoms with Crippen molar-refractivity contribution in [3.05, 3.63) is 48.7 Å². The summed E-state index contributed by atoms with van der Waals surface area (Å²) in [6.45, 7) is 0.417. The maximum atomic E-state index is 11.5. The van der Waals surface area contributed by atoms with Gasteiger partial charge in [0.05, 0.1) is 6.20 Å². The molecule has 2 aromatic heterocycles. The third-order valence-corrected chi connectivity index (χ3v) is 1.98. The Hall–Kier alpha value is -2.50. The topological polar surface area (TPSA) is 79.8 Å². The minimum atomic E-state index is -0.325. The number of hydrogen-bond acceptors (Lipinski definition) is 4. The van der Waals surface area contributed by atoms with Gasteiger partial charge in [-0.3, -0.25) is 15.3 Å². The van der Waals surface area contributed by atoms with Crippen LogP contribution in [0.4, 0.5) is 10.6 Å². The minimum absolute atomic E-state index is 0.325. The molecule has 17 heavy (non-hydrogen) atoms. The molecule has 0 aromatic carbocycles. The number of pyridine rings is 1. The summed E-state index contributed by atoms with van der Waals surface area (Å²) in [6, 6.07) is 3.38. The van der Waals surface area contributed by atoms with Crippen LogP contribution in [-0.2, 0) is 6.54 Å². The van der Waals surface area contributed by atoms with Crippen molar-refractivity contribution in [1.29, 1.82) is 0 Å². The lowest BCUT2D eigenvalue weighted by Gasteiger charge is -2.05. The Morgan fingerprint density at radius 1 is 1.18 bits per heavy atom. The molecule has 0 radical (unpaired) electrons. The van der Waals surface area contributed by atoms with Gasteiger partial charge in [0, 0.05) is 31.3 Å². The maximum Gasteiger partial charge on any atom is 0.320 e. The van der Waals surface area contributed by atoms with Gasteiger partial charge < -0.3 is 5.32 Å². The minimum Gasteiger partial charge on any atom is -0.334 e. The summed E-state index contributed by atoms with van der Waals surface area (Å²) in [5.74, 6) is 0.413. The second-order valence-electron chi connectivity index (χ2n) is 3.26. The zero-order chi connectivity index (χ0) is 11.9. The number of carbonyl (C=O) groups is 1. The molecular formula is C11H11N5O. The van der Waals surface area contributed by atoms with Crippen LogP contribution in [0.1, 0.15) is 5.56 Å². The Morgan fingerprint density at radius 2 is 2.06 bits per heavy atom. The number of anilines is 1. The van der Waals surface area contributed by atoms with Crippen LogP contribution >= 0.6 is 0 Å². The number of urea groups is 1. The first-order chi connectivity index (χ1) is 8.34. The molecule has 2 N–H and O–H groups in total. The van der Waals surface area contributed by atoms with E-state index in [-0.39, 0.29) is 6.03 Å². The van der Waals surface area contributed by atoms with Crippen LogP contribution in [0.2, 0.25) is 0 Å². The summed E-state index contributed by atoms with van der Waals surface area (Å²) < 4.78 is 0. The summed E-state index contributed by atoms with van der Waals surface area (Å²) in [5, 5.41) is 5.26. The molecule has 0 atom stereocenters. The summed E-state index contributed by atoms with van der Waals surface area (Å²) in [6.07, 6.45) is 7.91. The second-order valence-corrected chi connectivity index (χ2v) is 3.26. The third kappa shape index (κ3) is 3.53. The van der Waals surface area contributed by atoms with Crippen molar-refractivity contribution in [3.63, 3.8) is 0 Å². The lowest BCUT2D eigenvalue weighted by Crippen LogP contribution is -2.28. The van der Waals surface area contributed by atoms with E-state index in [9.17, 15) is 4.79 Å². The van der Waals surface area contributed by atoms with Crippen LogP contribution in [0.25, 0.3) is 0 Å². The Balaban J connectivity index is 1.83. The Kier molecular flexibility index (Phi) is 3.59. The molecular weight excluding hydrogens is 218 g/mol. The second kappa shape index (κ2) is 5.55. The molecule has 86 valence electrons. The van der Waals surface area contributed by atoms with Crippen molar-refractivity contribution < 1.29 is 4.79 Å². The first kappa shape index (κ1) is 11.0. The van der Waals surface area contributed by atoms with E-state index >= 15 is 0 Å². The Morgan fingerprint density at radius 3 is 2.76 bits per heavy atom. The number of rotatable bonds is 3. The predicted octanol–water partition coefficient (Wildman–Crippen LogP) is 1.19. The first-order valence-corrected chi connectivity index (χ1v) is 5.04. The van der Waals surface area contributed by atoms with Crippen molar-refractivity contribution in [2.75, 3.05) is 5.32 Å². The van der Waals surface area contributed by atoms with E-state index in [1.54, 1.807) is 18.6 Å². The van der Waals surface area contributed by atoms with Gasteiger partial charge in [-0.2, -0.15) is 0 Å². The molecule has 0 fully saturated rings. The molecule has 0 bridgehead atoms. The Labute approximate surface area is 98.1 Å². The molecule has 0 unspecified atom stereocenters. The van der Waals surface area contributed by atoms with Gasteiger partial charge in [0.25, 0.3) is 0 Å². The lowest BCUT2D eigenvalue weighted by atomic mass is 10.3. The molecule has 0 aliphatic carbocycles. The SMILES string of the molecule is O=C(NCc1cccnc1)Nc1cnccn1. The van der Waals surface area contributed by atoms with E-state index in [4.69, 9.17) is 0 Å². The average Bonchev–Trinajstić information content (AvgIpc) is 2.39. The number of nitrogens with zero attached hydrogens (tertiary/aromatic N) is 3. The fourth-order valence-corrected chi connectivity index (χ4v) is 1.21. The van der Waals surface area contributed by atoms with E-state index in [1.165, 1.54) is 12.4 Å². The standard InChI is InChI=1S/C11H11N5O/c17-11(16-10-8-13-4-5-14-10)15-7-9-2-1-3-12-6-9/h1-6,8H,7H2,(H2,14,15,16,17). The maximum absolute atomic E-state index is 11.5. The molecule has 0 aliphatic rings. The summed E-state index contributed by atoms with van der Waals surface area (Å²) in [4.78, 5) is 23.2. The van der Waals surface area contributed by atoms with Crippen LogP contribution < -0.4 is 10.6 Å². The molecule has 0 saturated carbocycles. The van der Waals surface area contributed by atoms with Crippen LogP contribution in [0.5, 0.6) is 0 Å². The van der Waals surface area contributed by atoms with E-state index in [2.05, 4.69) is 25.6 Å². The number of nitrogens with one attached hydrogen (secondary N) is 2. The predicted molar refractivity (Wildman–Crippen MR) is 62.1 cm³/mol. The van der Waals surface area contributed by atoms with Crippen molar-refractivity contribution >= 4 is 11.8 Å². The zero-order valence-corrected chi connectivity index (χ0v) is 9.00. The summed E-state index contributed by atoms with van der Waals surface area (Å²) in [5.41, 5.74) is 0.932. The fourth-order valence-electron chi connectivity index (χ4n) is 1.21. The molecule has 2 amide bonds. The van der Waals surface area contributed by atoms with E-state index in [0.29, 0.717) is 12.4 Å². The highest BCUT2D eigenvalue weighted by Gasteiger charge is 2.01. The number of carbonyl (C=O) groups excluding carboxylic acids is 1. The van der Waals surface area contributed by atoms with Crippen molar-refractivity contribution in [2.24, 2.45) is 0 Å². The highest BCUT2D eigenvalue weighted by molar-refractivity contribution is 5.87. The quantitative estimate of drug-likeness (QED) is 0.828. The highest BCUT2D eigenvalue weighted by atomic mass is 16.2. The van der Waals surface area contributed by atoms with Gasteiger partial charge >= 0.3 is 6.03 Å². The fraction of sp³-hybridized carbons (Fsp3) is 0.0909. The number of aromatic nitrogens is 3. The van der Waals surface area contributed by atoms with Crippen LogP contribution in [0.3, 0.4) is 0 Å². The van der Waals surface area contributed by atoms with Gasteiger partial charge in [0.1, 0.15) is 0 Å². The third-order valence-electron chi connectivity index (χ3n) is 1.98. The van der Waals surface area contributed by atoms with Gasteiger partial charge in [0.2, 0.25) is 0 Å². The summed E-state index contributed by atoms with van der Waals surface area (Å²) in [7, 11) is 0. The molecule has 2 aromatic rings. The molecule has 2 rings (SSSR count). The van der Waals surface area contributed by atoms with E-state index < -0.39 is 0 Å². The average molecular weight is 229 g/mol. The molecule has 6 heteroatoms. The van der Waals surface area contributed by atoms with Crippen LogP contribution in [0, 0.1) is 0 Å². The largest absolute Gasteiger partial charge is 0.334 e. The van der Waals surface area contributed by atoms with Crippen molar-refractivity contribution in [2.45, 2.75) is 6.54 Å². The van der Waals surface area contributed by atoms with E-state index in [1.807, 2.05) is 12.1 Å². The first-order valence-electron chi connectivity index (χ1n) is 5.04. The van der Waals surface area contributed by atoms with E-state index in [0.717, 1.165) is 5.56 Å². The number of amides is 2. The zero-order valence-electron chi connectivity index (χ0n) is 9.00. The molecule has 0 aliphatic heterocycles. The monoisotopic (exact) mass is 229 g/mol.